The first-order valence-corrected chi connectivity index (χ1v) is 7.76. The Kier molecular flexibility index (Phi) is 3.68. The van der Waals surface area contributed by atoms with Crippen LogP contribution in [0, 0.1) is 6.92 Å². The summed E-state index contributed by atoms with van der Waals surface area (Å²) in [5.41, 5.74) is 11.9. The highest BCUT2D eigenvalue weighted by atomic mass is 32.1. The zero-order chi connectivity index (χ0) is 15.0. The molecule has 0 spiro atoms. The van der Waals surface area contributed by atoms with Crippen molar-refractivity contribution in [2.24, 2.45) is 5.73 Å². The van der Waals surface area contributed by atoms with Crippen molar-refractivity contribution in [2.75, 3.05) is 4.90 Å². The maximum absolute atomic E-state index is 5.94. The number of fused-ring (bicyclic) bond motifs is 1. The molecule has 1 aliphatic rings. The second-order valence-corrected chi connectivity index (χ2v) is 6.21. The van der Waals surface area contributed by atoms with Gasteiger partial charge in [-0.15, -0.1) is 0 Å². The van der Waals surface area contributed by atoms with Gasteiger partial charge in [0.05, 0.1) is 5.69 Å². The molecule has 108 valence electrons. The molecule has 21 heavy (non-hydrogen) atoms. The van der Waals surface area contributed by atoms with Gasteiger partial charge in [0.1, 0.15) is 4.99 Å². The molecule has 3 heteroatoms. The quantitative estimate of drug-likeness (QED) is 0.846. The fraction of sp³-hybridized carbons (Fsp3) is 0.278. The first kappa shape index (κ1) is 14.1. The van der Waals surface area contributed by atoms with Gasteiger partial charge < -0.3 is 10.6 Å². The summed E-state index contributed by atoms with van der Waals surface area (Å²) in [4.78, 5) is 2.85. The summed E-state index contributed by atoms with van der Waals surface area (Å²) in [6.45, 7) is 4.37. The number of rotatable bonds is 2. The highest BCUT2D eigenvalue weighted by molar-refractivity contribution is 7.80. The van der Waals surface area contributed by atoms with Crippen LogP contribution >= 0.6 is 12.2 Å². The third kappa shape index (κ3) is 2.54. The molecule has 1 aliphatic heterocycles. The average molecular weight is 296 g/mol. The molecule has 2 nitrogen and oxygen atoms in total. The van der Waals surface area contributed by atoms with Crippen LogP contribution in [0.2, 0.25) is 0 Å². The average Bonchev–Trinajstić information content (AvgIpc) is 2.46. The first-order chi connectivity index (χ1) is 10.1. The molecule has 0 bridgehead atoms. The van der Waals surface area contributed by atoms with E-state index < -0.39 is 0 Å². The Morgan fingerprint density at radius 3 is 2.71 bits per heavy atom. The van der Waals surface area contributed by atoms with Gasteiger partial charge in [-0.3, -0.25) is 0 Å². The van der Waals surface area contributed by atoms with E-state index in [-0.39, 0.29) is 0 Å². The van der Waals surface area contributed by atoms with Gasteiger partial charge in [0.15, 0.2) is 0 Å². The standard InChI is InChI=1S/C18H20N2S/c1-12-7-10-15(18(19)21)17(11-12)20-13(2)8-9-14-5-3-4-6-16(14)20/h3-7,10-11,13H,8-9H2,1-2H3,(H2,19,21). The predicted octanol–water partition coefficient (Wildman–Crippen LogP) is 4.10. The molecule has 0 saturated heterocycles. The number of para-hydroxylation sites is 1. The molecular weight excluding hydrogens is 276 g/mol. The highest BCUT2D eigenvalue weighted by Gasteiger charge is 2.26. The highest BCUT2D eigenvalue weighted by Crippen LogP contribution is 2.38. The van der Waals surface area contributed by atoms with Crippen molar-refractivity contribution in [3.05, 3.63) is 59.2 Å². The first-order valence-electron chi connectivity index (χ1n) is 7.35. The SMILES string of the molecule is Cc1ccc(C(N)=S)c(N2c3ccccc3CCC2C)c1. The normalized spacial score (nSPS) is 17.4. The topological polar surface area (TPSA) is 29.3 Å². The van der Waals surface area contributed by atoms with Crippen LogP contribution in [0.5, 0.6) is 0 Å². The number of hydrogen-bond acceptors (Lipinski definition) is 2. The van der Waals surface area contributed by atoms with E-state index in [1.807, 2.05) is 6.07 Å². The maximum atomic E-state index is 5.94. The number of hydrogen-bond donors (Lipinski definition) is 1. The molecular formula is C18H20N2S. The number of thiocarbonyl (C=S) groups is 1. The van der Waals surface area contributed by atoms with E-state index in [1.165, 1.54) is 16.8 Å². The number of nitrogens with two attached hydrogens (primary N) is 1. The Labute approximate surface area is 131 Å². The third-order valence-corrected chi connectivity index (χ3v) is 4.42. The van der Waals surface area contributed by atoms with Crippen LogP contribution in [-0.4, -0.2) is 11.0 Å². The van der Waals surface area contributed by atoms with Gasteiger partial charge in [0, 0.05) is 17.3 Å². The zero-order valence-corrected chi connectivity index (χ0v) is 13.3. The van der Waals surface area contributed by atoms with Crippen LogP contribution in [0.15, 0.2) is 42.5 Å². The van der Waals surface area contributed by atoms with E-state index >= 15 is 0 Å². The van der Waals surface area contributed by atoms with Crippen molar-refractivity contribution in [1.29, 1.82) is 0 Å². The van der Waals surface area contributed by atoms with Crippen molar-refractivity contribution in [2.45, 2.75) is 32.7 Å². The maximum Gasteiger partial charge on any atom is 0.106 e. The van der Waals surface area contributed by atoms with Gasteiger partial charge in [-0.05, 0) is 56.0 Å². The third-order valence-electron chi connectivity index (χ3n) is 4.20. The van der Waals surface area contributed by atoms with Gasteiger partial charge >= 0.3 is 0 Å². The lowest BCUT2D eigenvalue weighted by Crippen LogP contribution is -2.34. The molecule has 1 atom stereocenters. The molecule has 0 fully saturated rings. The van der Waals surface area contributed by atoms with Crippen molar-refractivity contribution in [1.82, 2.24) is 0 Å². The zero-order valence-electron chi connectivity index (χ0n) is 12.5. The summed E-state index contributed by atoms with van der Waals surface area (Å²) in [5.74, 6) is 0. The minimum atomic E-state index is 0.440. The Bertz CT molecular complexity index is 693. The molecule has 3 rings (SSSR count). The van der Waals surface area contributed by atoms with Crippen LogP contribution in [0.3, 0.4) is 0 Å². The summed E-state index contributed by atoms with van der Waals surface area (Å²) in [6.07, 6.45) is 2.27. The summed E-state index contributed by atoms with van der Waals surface area (Å²) in [5, 5.41) is 0. The van der Waals surface area contributed by atoms with Crippen molar-refractivity contribution < 1.29 is 0 Å². The fourth-order valence-corrected chi connectivity index (χ4v) is 3.28. The summed E-state index contributed by atoms with van der Waals surface area (Å²) in [7, 11) is 0. The molecule has 2 aromatic rings. The number of aryl methyl sites for hydroxylation is 2. The lowest BCUT2D eigenvalue weighted by atomic mass is 9.94. The summed E-state index contributed by atoms with van der Waals surface area (Å²) in [6, 6.07) is 15.3. The van der Waals surface area contributed by atoms with Gasteiger partial charge in [-0.25, -0.2) is 0 Å². The van der Waals surface area contributed by atoms with Gasteiger partial charge in [0.2, 0.25) is 0 Å². The lowest BCUT2D eigenvalue weighted by Gasteiger charge is -2.38. The van der Waals surface area contributed by atoms with Crippen molar-refractivity contribution in [3.8, 4) is 0 Å². The largest absolute Gasteiger partial charge is 0.389 e. The van der Waals surface area contributed by atoms with Crippen molar-refractivity contribution in [3.63, 3.8) is 0 Å². The second kappa shape index (κ2) is 5.49. The lowest BCUT2D eigenvalue weighted by molar-refractivity contribution is 0.618. The van der Waals surface area contributed by atoms with Crippen molar-refractivity contribution >= 4 is 28.6 Å². The molecule has 0 aliphatic carbocycles. The van der Waals surface area contributed by atoms with E-state index in [4.69, 9.17) is 18.0 Å². The van der Waals surface area contributed by atoms with E-state index in [0.29, 0.717) is 11.0 Å². The van der Waals surface area contributed by atoms with E-state index in [1.54, 1.807) is 0 Å². The van der Waals surface area contributed by atoms with Crippen LogP contribution in [0.1, 0.15) is 30.0 Å². The van der Waals surface area contributed by atoms with Crippen LogP contribution in [0.25, 0.3) is 0 Å². The number of benzene rings is 2. The van der Waals surface area contributed by atoms with Gasteiger partial charge in [-0.1, -0.05) is 36.5 Å². The molecule has 0 aromatic heterocycles. The molecule has 0 amide bonds. The Morgan fingerprint density at radius 1 is 1.19 bits per heavy atom. The molecule has 1 heterocycles. The van der Waals surface area contributed by atoms with Gasteiger partial charge in [0.25, 0.3) is 0 Å². The Hall–Kier alpha value is -1.87. The number of anilines is 2. The molecule has 0 saturated carbocycles. The number of nitrogens with zero attached hydrogens (tertiary/aromatic N) is 1. The Balaban J connectivity index is 2.20. The minimum Gasteiger partial charge on any atom is -0.389 e. The Morgan fingerprint density at radius 2 is 1.95 bits per heavy atom. The van der Waals surface area contributed by atoms with Gasteiger partial charge in [-0.2, -0.15) is 0 Å². The molecule has 2 N–H and O–H groups in total. The smallest absolute Gasteiger partial charge is 0.106 e. The predicted molar refractivity (Wildman–Crippen MR) is 93.4 cm³/mol. The second-order valence-electron chi connectivity index (χ2n) is 5.77. The molecule has 0 radical (unpaired) electrons. The van der Waals surface area contributed by atoms with Crippen LogP contribution in [-0.2, 0) is 6.42 Å². The van der Waals surface area contributed by atoms with E-state index in [2.05, 4.69) is 55.1 Å². The molecule has 1 unspecified atom stereocenters. The fourth-order valence-electron chi connectivity index (χ4n) is 3.10. The summed E-state index contributed by atoms with van der Waals surface area (Å²) >= 11 is 5.25. The monoisotopic (exact) mass is 296 g/mol. The van der Waals surface area contributed by atoms with Crippen LogP contribution in [0.4, 0.5) is 11.4 Å². The van der Waals surface area contributed by atoms with Crippen LogP contribution < -0.4 is 10.6 Å². The molecule has 2 aromatic carbocycles. The van der Waals surface area contributed by atoms with E-state index in [0.717, 1.165) is 24.1 Å². The minimum absolute atomic E-state index is 0.440. The van der Waals surface area contributed by atoms with E-state index in [9.17, 15) is 0 Å². The summed E-state index contributed by atoms with van der Waals surface area (Å²) < 4.78 is 0.